The third-order valence-corrected chi connectivity index (χ3v) is 4.54. The lowest BCUT2D eigenvalue weighted by Crippen LogP contribution is -2.16. The maximum atomic E-state index is 12.5. The number of halogens is 1. The van der Waals surface area contributed by atoms with E-state index < -0.39 is 0 Å². The van der Waals surface area contributed by atoms with Gasteiger partial charge >= 0.3 is 0 Å². The second kappa shape index (κ2) is 9.33. The molecule has 2 aromatic carbocycles. The van der Waals surface area contributed by atoms with Gasteiger partial charge in [-0.1, -0.05) is 49.7 Å². The van der Waals surface area contributed by atoms with Crippen LogP contribution in [0.1, 0.15) is 41.4 Å². The van der Waals surface area contributed by atoms with Crippen LogP contribution in [0.2, 0.25) is 5.02 Å². The van der Waals surface area contributed by atoms with Gasteiger partial charge in [0.1, 0.15) is 5.69 Å². The molecule has 0 saturated carbocycles. The minimum atomic E-state index is -0.266. The van der Waals surface area contributed by atoms with E-state index in [1.165, 1.54) is 5.56 Å². The smallest absolute Gasteiger partial charge is 0.274 e. The Hall–Kier alpha value is -2.92. The van der Waals surface area contributed by atoms with E-state index in [-0.39, 0.29) is 5.91 Å². The number of hydrogen-bond donors (Lipinski definition) is 2. The number of hydrogen-bond acceptors (Lipinski definition) is 4. The molecule has 3 aromatic rings. The number of amides is 1. The summed E-state index contributed by atoms with van der Waals surface area (Å²) in [5.74, 6) is 0.606. The van der Waals surface area contributed by atoms with Gasteiger partial charge in [-0.05, 0) is 53.8 Å². The number of rotatable bonds is 7. The molecule has 0 saturated heterocycles. The molecule has 6 heteroatoms. The fourth-order valence-electron chi connectivity index (χ4n) is 2.73. The van der Waals surface area contributed by atoms with Crippen molar-refractivity contribution in [1.82, 2.24) is 9.97 Å². The van der Waals surface area contributed by atoms with Crippen LogP contribution < -0.4 is 10.6 Å². The first-order chi connectivity index (χ1) is 13.5. The molecule has 0 spiro atoms. The normalized spacial score (nSPS) is 10.7. The monoisotopic (exact) mass is 394 g/mol. The van der Waals surface area contributed by atoms with Gasteiger partial charge in [0.2, 0.25) is 5.95 Å². The van der Waals surface area contributed by atoms with Gasteiger partial charge in [0.15, 0.2) is 0 Å². The maximum absolute atomic E-state index is 12.5. The Labute approximate surface area is 170 Å². The third-order valence-electron chi connectivity index (χ3n) is 4.31. The number of carbonyl (C=O) groups is 1. The lowest BCUT2D eigenvalue weighted by atomic mass is 10.0. The minimum absolute atomic E-state index is 0.266. The van der Waals surface area contributed by atoms with Crippen LogP contribution in [0.3, 0.4) is 0 Å². The standard InChI is InChI=1S/C22H23ClN4O/c1-15(2)17-6-8-19(9-7-17)26-21(28)20-11-13-25-22(27-20)24-12-10-16-4-3-5-18(23)14-16/h3-9,11,13-15H,10,12H2,1-2H3,(H,26,28)(H,24,25,27). The molecule has 0 bridgehead atoms. The number of benzene rings is 2. The summed E-state index contributed by atoms with van der Waals surface area (Å²) in [6, 6.07) is 17.2. The second-order valence-electron chi connectivity index (χ2n) is 6.80. The number of nitrogens with zero attached hydrogens (tertiary/aromatic N) is 2. The van der Waals surface area contributed by atoms with Crippen molar-refractivity contribution in [3.05, 3.63) is 82.6 Å². The van der Waals surface area contributed by atoms with Gasteiger partial charge in [-0.3, -0.25) is 4.79 Å². The molecule has 1 amide bonds. The summed E-state index contributed by atoms with van der Waals surface area (Å²) in [5, 5.41) is 6.73. The van der Waals surface area contributed by atoms with Crippen LogP contribution in [0.15, 0.2) is 60.8 Å². The summed E-state index contributed by atoms with van der Waals surface area (Å²) in [6.07, 6.45) is 2.36. The molecule has 0 aliphatic heterocycles. The highest BCUT2D eigenvalue weighted by atomic mass is 35.5. The van der Waals surface area contributed by atoms with Crippen molar-refractivity contribution in [3.63, 3.8) is 0 Å². The molecule has 0 aliphatic rings. The fraction of sp³-hybridized carbons (Fsp3) is 0.227. The molecule has 0 radical (unpaired) electrons. The lowest BCUT2D eigenvalue weighted by molar-refractivity contribution is 0.102. The topological polar surface area (TPSA) is 66.9 Å². The first-order valence-electron chi connectivity index (χ1n) is 9.24. The van der Waals surface area contributed by atoms with Crippen LogP contribution in [-0.2, 0) is 6.42 Å². The maximum Gasteiger partial charge on any atom is 0.274 e. The largest absolute Gasteiger partial charge is 0.354 e. The molecule has 0 fully saturated rings. The first kappa shape index (κ1) is 19.8. The number of anilines is 2. The Balaban J connectivity index is 1.58. The van der Waals surface area contributed by atoms with Crippen LogP contribution in [-0.4, -0.2) is 22.4 Å². The van der Waals surface area contributed by atoms with Crippen LogP contribution in [0.4, 0.5) is 11.6 Å². The highest BCUT2D eigenvalue weighted by molar-refractivity contribution is 6.30. The zero-order valence-corrected chi connectivity index (χ0v) is 16.7. The third kappa shape index (κ3) is 5.54. The molecule has 28 heavy (non-hydrogen) atoms. The van der Waals surface area contributed by atoms with E-state index in [9.17, 15) is 4.79 Å². The van der Waals surface area contributed by atoms with Crippen LogP contribution in [0.25, 0.3) is 0 Å². The second-order valence-corrected chi connectivity index (χ2v) is 7.24. The Kier molecular flexibility index (Phi) is 6.61. The zero-order chi connectivity index (χ0) is 19.9. The SMILES string of the molecule is CC(C)c1ccc(NC(=O)c2ccnc(NCCc3cccc(Cl)c3)n2)cc1. The van der Waals surface area contributed by atoms with Crippen molar-refractivity contribution in [2.24, 2.45) is 0 Å². The van der Waals surface area contributed by atoms with Crippen LogP contribution in [0.5, 0.6) is 0 Å². The summed E-state index contributed by atoms with van der Waals surface area (Å²) in [4.78, 5) is 21.0. The molecule has 3 rings (SSSR count). The first-order valence-corrected chi connectivity index (χ1v) is 9.62. The van der Waals surface area contributed by atoms with Gasteiger partial charge < -0.3 is 10.6 Å². The molecule has 2 N–H and O–H groups in total. The zero-order valence-electron chi connectivity index (χ0n) is 15.9. The van der Waals surface area contributed by atoms with Gasteiger partial charge in [-0.2, -0.15) is 0 Å². The Morgan fingerprint density at radius 1 is 1.11 bits per heavy atom. The molecule has 1 heterocycles. The minimum Gasteiger partial charge on any atom is -0.354 e. The number of nitrogens with one attached hydrogen (secondary N) is 2. The van der Waals surface area contributed by atoms with E-state index >= 15 is 0 Å². The van der Waals surface area contributed by atoms with Crippen molar-refractivity contribution >= 4 is 29.1 Å². The van der Waals surface area contributed by atoms with E-state index in [1.807, 2.05) is 48.5 Å². The van der Waals surface area contributed by atoms with Gasteiger partial charge in [-0.25, -0.2) is 9.97 Å². The summed E-state index contributed by atoms with van der Waals surface area (Å²) in [6.45, 7) is 4.91. The van der Waals surface area contributed by atoms with Crippen molar-refractivity contribution in [2.45, 2.75) is 26.2 Å². The van der Waals surface area contributed by atoms with Gasteiger partial charge in [-0.15, -0.1) is 0 Å². The molecule has 0 unspecified atom stereocenters. The molecule has 144 valence electrons. The summed E-state index contributed by atoms with van der Waals surface area (Å²) in [7, 11) is 0. The predicted molar refractivity (Wildman–Crippen MR) is 114 cm³/mol. The van der Waals surface area contributed by atoms with Crippen molar-refractivity contribution in [1.29, 1.82) is 0 Å². The van der Waals surface area contributed by atoms with E-state index in [1.54, 1.807) is 12.3 Å². The summed E-state index contributed by atoms with van der Waals surface area (Å²) >= 11 is 6.00. The lowest BCUT2D eigenvalue weighted by Gasteiger charge is -2.09. The van der Waals surface area contributed by atoms with Crippen LogP contribution >= 0.6 is 11.6 Å². The van der Waals surface area contributed by atoms with Crippen LogP contribution in [0, 0.1) is 0 Å². The van der Waals surface area contributed by atoms with Crippen molar-refractivity contribution in [3.8, 4) is 0 Å². The fourth-order valence-corrected chi connectivity index (χ4v) is 2.94. The summed E-state index contributed by atoms with van der Waals surface area (Å²) in [5.41, 5.74) is 3.40. The summed E-state index contributed by atoms with van der Waals surface area (Å²) < 4.78 is 0. The Morgan fingerprint density at radius 3 is 2.61 bits per heavy atom. The van der Waals surface area contributed by atoms with Crippen molar-refractivity contribution < 1.29 is 4.79 Å². The average Bonchev–Trinajstić information content (AvgIpc) is 2.69. The molecule has 0 atom stereocenters. The van der Waals surface area contributed by atoms with Gasteiger partial charge in [0.25, 0.3) is 5.91 Å². The van der Waals surface area contributed by atoms with E-state index in [0.717, 1.165) is 17.7 Å². The molecule has 1 aromatic heterocycles. The molecular formula is C22H23ClN4O. The number of aromatic nitrogens is 2. The molecule has 5 nitrogen and oxygen atoms in total. The predicted octanol–water partition coefficient (Wildman–Crippen LogP) is 5.16. The van der Waals surface area contributed by atoms with E-state index in [2.05, 4.69) is 34.4 Å². The van der Waals surface area contributed by atoms with Gasteiger partial charge in [0.05, 0.1) is 0 Å². The van der Waals surface area contributed by atoms with E-state index in [4.69, 9.17) is 11.6 Å². The Bertz CT molecular complexity index is 941. The highest BCUT2D eigenvalue weighted by Gasteiger charge is 2.10. The molecular weight excluding hydrogens is 372 g/mol. The van der Waals surface area contributed by atoms with E-state index in [0.29, 0.717) is 29.1 Å². The number of carbonyl (C=O) groups excluding carboxylic acids is 1. The van der Waals surface area contributed by atoms with Gasteiger partial charge in [0, 0.05) is 23.5 Å². The highest BCUT2D eigenvalue weighted by Crippen LogP contribution is 2.17. The average molecular weight is 395 g/mol. The quantitative estimate of drug-likeness (QED) is 0.580. The Morgan fingerprint density at radius 2 is 1.89 bits per heavy atom. The van der Waals surface area contributed by atoms with Crippen molar-refractivity contribution in [2.75, 3.05) is 17.2 Å². The molecule has 0 aliphatic carbocycles.